The van der Waals surface area contributed by atoms with Gasteiger partial charge in [-0.2, -0.15) is 0 Å². The fraction of sp³-hybridized carbons (Fsp3) is 0.500. The van der Waals surface area contributed by atoms with E-state index in [0.717, 1.165) is 17.9 Å². The van der Waals surface area contributed by atoms with E-state index in [4.69, 9.17) is 0 Å². The predicted molar refractivity (Wildman–Crippen MR) is 80.7 cm³/mol. The molecule has 5 nitrogen and oxygen atoms in total. The van der Waals surface area contributed by atoms with E-state index in [2.05, 4.69) is 36.5 Å². The van der Waals surface area contributed by atoms with Crippen LogP contribution in [0.1, 0.15) is 30.9 Å². The Labute approximate surface area is 125 Å². The van der Waals surface area contributed by atoms with Crippen molar-refractivity contribution in [3.63, 3.8) is 0 Å². The highest BCUT2D eigenvalue weighted by molar-refractivity contribution is 6.03. The summed E-state index contributed by atoms with van der Waals surface area (Å²) in [7, 11) is 1.99. The maximum atomic E-state index is 12.2. The van der Waals surface area contributed by atoms with Gasteiger partial charge in [0.15, 0.2) is 6.67 Å². The van der Waals surface area contributed by atoms with E-state index in [9.17, 15) is 9.59 Å². The van der Waals surface area contributed by atoms with E-state index in [-0.39, 0.29) is 18.0 Å². The SMILES string of the molecule is CCC[C@@H]1NC(=O)N(C[NH+](C)Cc2ccc(C)cc2)C1=O. The lowest BCUT2D eigenvalue weighted by Gasteiger charge is -2.19. The van der Waals surface area contributed by atoms with E-state index in [1.165, 1.54) is 16.0 Å². The van der Waals surface area contributed by atoms with Crippen molar-refractivity contribution >= 4 is 11.9 Å². The summed E-state index contributed by atoms with van der Waals surface area (Å²) in [6, 6.07) is 7.73. The molecular formula is C16H24N3O2+. The predicted octanol–water partition coefficient (Wildman–Crippen LogP) is 0.688. The van der Waals surface area contributed by atoms with Gasteiger partial charge in [0, 0.05) is 5.56 Å². The van der Waals surface area contributed by atoms with Crippen molar-refractivity contribution in [2.24, 2.45) is 0 Å². The van der Waals surface area contributed by atoms with Crippen LogP contribution in [0.5, 0.6) is 0 Å². The van der Waals surface area contributed by atoms with Crippen LogP contribution in [0.15, 0.2) is 24.3 Å². The van der Waals surface area contributed by atoms with Gasteiger partial charge in [-0.1, -0.05) is 43.2 Å². The monoisotopic (exact) mass is 290 g/mol. The standard InChI is InChI=1S/C16H23N3O2/c1-4-5-14-15(20)19(16(21)17-14)11-18(3)10-13-8-6-12(2)7-9-13/h6-9,14H,4-5,10-11H2,1-3H3,(H,17,21)/p+1/t14-/m0/s1. The largest absolute Gasteiger partial charge is 0.329 e. The number of rotatable bonds is 6. The van der Waals surface area contributed by atoms with Gasteiger partial charge in [0.1, 0.15) is 12.6 Å². The minimum Gasteiger partial charge on any atom is -0.326 e. The summed E-state index contributed by atoms with van der Waals surface area (Å²) in [5, 5.41) is 2.76. The Morgan fingerprint density at radius 2 is 1.90 bits per heavy atom. The van der Waals surface area contributed by atoms with Crippen molar-refractivity contribution in [2.45, 2.75) is 39.3 Å². The molecule has 2 N–H and O–H groups in total. The molecule has 0 spiro atoms. The molecule has 5 heteroatoms. The smallest absolute Gasteiger partial charge is 0.326 e. The zero-order valence-electron chi connectivity index (χ0n) is 13.0. The molecule has 0 saturated carbocycles. The van der Waals surface area contributed by atoms with Crippen LogP contribution in [0.25, 0.3) is 0 Å². The van der Waals surface area contributed by atoms with Gasteiger partial charge in [-0.25, -0.2) is 9.69 Å². The third-order valence-corrected chi connectivity index (χ3v) is 3.74. The summed E-state index contributed by atoms with van der Waals surface area (Å²) in [6.45, 7) is 5.26. The molecule has 2 atom stereocenters. The fourth-order valence-corrected chi connectivity index (χ4v) is 2.59. The highest BCUT2D eigenvalue weighted by atomic mass is 16.2. The number of carbonyl (C=O) groups excluding carboxylic acids is 2. The number of nitrogens with one attached hydrogen (secondary N) is 2. The van der Waals surface area contributed by atoms with Crippen molar-refractivity contribution < 1.29 is 14.5 Å². The number of amides is 3. The topological polar surface area (TPSA) is 53.9 Å². The molecule has 0 radical (unpaired) electrons. The second-order valence-corrected chi connectivity index (χ2v) is 5.83. The molecule has 2 rings (SSSR count). The lowest BCUT2D eigenvalue weighted by molar-refractivity contribution is -0.901. The number of carbonyl (C=O) groups is 2. The third kappa shape index (κ3) is 3.82. The lowest BCUT2D eigenvalue weighted by atomic mass is 10.1. The molecule has 0 aromatic heterocycles. The summed E-state index contributed by atoms with van der Waals surface area (Å²) >= 11 is 0. The van der Waals surface area contributed by atoms with Crippen molar-refractivity contribution in [2.75, 3.05) is 13.7 Å². The van der Waals surface area contributed by atoms with E-state index >= 15 is 0 Å². The molecule has 0 aliphatic carbocycles. The number of hydrogen-bond donors (Lipinski definition) is 2. The Morgan fingerprint density at radius 1 is 1.24 bits per heavy atom. The van der Waals surface area contributed by atoms with Crippen LogP contribution in [0.4, 0.5) is 4.79 Å². The molecule has 1 heterocycles. The molecule has 1 aromatic carbocycles. The first-order chi connectivity index (χ1) is 10.0. The zero-order chi connectivity index (χ0) is 15.4. The van der Waals surface area contributed by atoms with Crippen molar-refractivity contribution in [3.05, 3.63) is 35.4 Å². The summed E-state index contributed by atoms with van der Waals surface area (Å²) in [6.07, 6.45) is 1.59. The number of nitrogens with zero attached hydrogens (tertiary/aromatic N) is 1. The molecule has 1 aliphatic heterocycles. The first kappa shape index (κ1) is 15.5. The normalized spacial score (nSPS) is 19.8. The van der Waals surface area contributed by atoms with Crippen LogP contribution >= 0.6 is 0 Å². The lowest BCUT2D eigenvalue weighted by Crippen LogP contribution is -3.09. The molecule has 1 saturated heterocycles. The Balaban J connectivity index is 1.93. The highest BCUT2D eigenvalue weighted by Gasteiger charge is 2.38. The maximum absolute atomic E-state index is 12.2. The first-order valence-corrected chi connectivity index (χ1v) is 7.50. The molecular weight excluding hydrogens is 266 g/mol. The fourth-order valence-electron chi connectivity index (χ4n) is 2.59. The Morgan fingerprint density at radius 3 is 2.52 bits per heavy atom. The molecule has 114 valence electrons. The number of aryl methyl sites for hydroxylation is 1. The molecule has 1 unspecified atom stereocenters. The van der Waals surface area contributed by atoms with Crippen LogP contribution in [0, 0.1) is 6.92 Å². The zero-order valence-corrected chi connectivity index (χ0v) is 13.0. The van der Waals surface area contributed by atoms with E-state index < -0.39 is 0 Å². The average Bonchev–Trinajstić information content (AvgIpc) is 2.70. The summed E-state index contributed by atoms with van der Waals surface area (Å²) in [5.41, 5.74) is 2.43. The minimum atomic E-state index is -0.338. The van der Waals surface area contributed by atoms with Gasteiger partial charge in [-0.05, 0) is 13.3 Å². The summed E-state index contributed by atoms with van der Waals surface area (Å²) in [5.74, 6) is -0.0925. The van der Waals surface area contributed by atoms with E-state index in [0.29, 0.717) is 13.1 Å². The Kier molecular flexibility index (Phi) is 4.96. The minimum absolute atomic E-state index is 0.0925. The molecule has 0 bridgehead atoms. The summed E-state index contributed by atoms with van der Waals surface area (Å²) in [4.78, 5) is 26.5. The summed E-state index contributed by atoms with van der Waals surface area (Å²) < 4.78 is 0. The van der Waals surface area contributed by atoms with Crippen LogP contribution in [0.3, 0.4) is 0 Å². The van der Waals surface area contributed by atoms with Gasteiger partial charge in [0.05, 0.1) is 7.05 Å². The van der Waals surface area contributed by atoms with Crippen LogP contribution < -0.4 is 10.2 Å². The molecule has 3 amide bonds. The van der Waals surface area contributed by atoms with Gasteiger partial charge in [-0.15, -0.1) is 0 Å². The second kappa shape index (κ2) is 6.72. The number of imide groups is 1. The highest BCUT2D eigenvalue weighted by Crippen LogP contribution is 2.09. The number of quaternary nitrogens is 1. The van der Waals surface area contributed by atoms with Crippen LogP contribution in [-0.2, 0) is 11.3 Å². The quantitative estimate of drug-likeness (QED) is 0.757. The van der Waals surface area contributed by atoms with Gasteiger partial charge in [0.25, 0.3) is 5.91 Å². The van der Waals surface area contributed by atoms with Gasteiger partial charge in [0.2, 0.25) is 0 Å². The number of urea groups is 1. The molecule has 21 heavy (non-hydrogen) atoms. The van der Waals surface area contributed by atoms with Crippen LogP contribution in [0.2, 0.25) is 0 Å². The van der Waals surface area contributed by atoms with Gasteiger partial charge in [-0.3, -0.25) is 4.79 Å². The number of benzene rings is 1. The van der Waals surface area contributed by atoms with Gasteiger partial charge >= 0.3 is 6.03 Å². The van der Waals surface area contributed by atoms with Crippen molar-refractivity contribution in [1.29, 1.82) is 0 Å². The molecule has 1 aromatic rings. The molecule has 1 fully saturated rings. The average molecular weight is 290 g/mol. The van der Waals surface area contributed by atoms with Crippen LogP contribution in [-0.4, -0.2) is 36.6 Å². The van der Waals surface area contributed by atoms with Crippen molar-refractivity contribution in [3.8, 4) is 0 Å². The number of hydrogen-bond acceptors (Lipinski definition) is 2. The van der Waals surface area contributed by atoms with Gasteiger partial charge < -0.3 is 10.2 Å². The van der Waals surface area contributed by atoms with E-state index in [1.54, 1.807) is 0 Å². The Hall–Kier alpha value is -1.88. The Bertz CT molecular complexity index is 513. The first-order valence-electron chi connectivity index (χ1n) is 7.50. The molecule has 1 aliphatic rings. The van der Waals surface area contributed by atoms with Crippen molar-refractivity contribution in [1.82, 2.24) is 10.2 Å². The second-order valence-electron chi connectivity index (χ2n) is 5.83. The third-order valence-electron chi connectivity index (χ3n) is 3.74. The van der Waals surface area contributed by atoms with E-state index in [1.807, 2.05) is 14.0 Å². The maximum Gasteiger partial charge on any atom is 0.329 e.